The van der Waals surface area contributed by atoms with Gasteiger partial charge in [0.1, 0.15) is 0 Å². The minimum absolute atomic E-state index is 0.483. The smallest absolute Gasteiger partial charge is 0.0822 e. The fraction of sp³-hybridized carbons (Fsp3) is 0.333. The molecule has 0 spiro atoms. The van der Waals surface area contributed by atoms with Crippen molar-refractivity contribution in [2.24, 2.45) is 0 Å². The molecule has 2 aromatic rings. The molecule has 3 rings (SSSR count). The van der Waals surface area contributed by atoms with Crippen LogP contribution in [-0.2, 0) is 13.0 Å². The minimum atomic E-state index is -0.483. The number of para-hydroxylation sites is 1. The number of aliphatic hydroxyl groups excluding tert-OH is 1. The molecule has 0 saturated carbocycles. The first-order chi connectivity index (χ1) is 10.2. The lowest BCUT2D eigenvalue weighted by atomic mass is 9.99. The minimum Gasteiger partial charge on any atom is -0.398 e. The average molecular weight is 282 g/mol. The zero-order valence-corrected chi connectivity index (χ0v) is 12.2. The standard InChI is InChI=1S/C18H22N2O/c19-17-8-4-3-7-16(17)18(21)10-12-20-11-9-14-5-1-2-6-15(14)13-20/h1-8,18,21H,9-13,19H2. The van der Waals surface area contributed by atoms with Gasteiger partial charge in [-0.2, -0.15) is 0 Å². The van der Waals surface area contributed by atoms with Crippen molar-refractivity contribution in [1.82, 2.24) is 4.90 Å². The molecule has 0 aliphatic carbocycles. The fourth-order valence-electron chi connectivity index (χ4n) is 3.02. The summed E-state index contributed by atoms with van der Waals surface area (Å²) in [4.78, 5) is 2.41. The summed E-state index contributed by atoms with van der Waals surface area (Å²) in [6.45, 7) is 2.94. The lowest BCUT2D eigenvalue weighted by Crippen LogP contribution is -2.32. The van der Waals surface area contributed by atoms with E-state index >= 15 is 0 Å². The molecule has 1 heterocycles. The van der Waals surface area contributed by atoms with Gasteiger partial charge in [0.25, 0.3) is 0 Å². The third-order valence-corrected chi connectivity index (χ3v) is 4.28. The number of fused-ring (bicyclic) bond motifs is 1. The first-order valence-corrected chi connectivity index (χ1v) is 7.55. The van der Waals surface area contributed by atoms with E-state index in [0.29, 0.717) is 5.69 Å². The number of hydrogen-bond donors (Lipinski definition) is 2. The predicted octanol–water partition coefficient (Wildman–Crippen LogP) is 2.75. The Morgan fingerprint density at radius 1 is 1.05 bits per heavy atom. The van der Waals surface area contributed by atoms with Crippen molar-refractivity contribution >= 4 is 5.69 Å². The van der Waals surface area contributed by atoms with E-state index in [4.69, 9.17) is 5.73 Å². The van der Waals surface area contributed by atoms with Crippen LogP contribution in [0.5, 0.6) is 0 Å². The summed E-state index contributed by atoms with van der Waals surface area (Å²) < 4.78 is 0. The highest BCUT2D eigenvalue weighted by Crippen LogP contribution is 2.24. The molecule has 0 fully saturated rings. The number of benzene rings is 2. The van der Waals surface area contributed by atoms with E-state index in [9.17, 15) is 5.11 Å². The van der Waals surface area contributed by atoms with Crippen LogP contribution in [-0.4, -0.2) is 23.1 Å². The van der Waals surface area contributed by atoms with Gasteiger partial charge in [-0.3, -0.25) is 4.90 Å². The molecule has 21 heavy (non-hydrogen) atoms. The van der Waals surface area contributed by atoms with E-state index in [-0.39, 0.29) is 0 Å². The molecular formula is C18H22N2O. The average Bonchev–Trinajstić information content (AvgIpc) is 2.53. The van der Waals surface area contributed by atoms with Crippen LogP contribution in [0.4, 0.5) is 5.69 Å². The van der Waals surface area contributed by atoms with Crippen molar-refractivity contribution < 1.29 is 5.11 Å². The lowest BCUT2D eigenvalue weighted by Gasteiger charge is -2.29. The molecule has 0 aromatic heterocycles. The van der Waals surface area contributed by atoms with Crippen LogP contribution in [0, 0.1) is 0 Å². The normalized spacial score (nSPS) is 16.4. The highest BCUT2D eigenvalue weighted by molar-refractivity contribution is 5.47. The molecule has 0 saturated heterocycles. The molecule has 3 N–H and O–H groups in total. The van der Waals surface area contributed by atoms with Crippen molar-refractivity contribution in [1.29, 1.82) is 0 Å². The van der Waals surface area contributed by atoms with E-state index in [1.807, 2.05) is 24.3 Å². The second-order valence-electron chi connectivity index (χ2n) is 5.73. The predicted molar refractivity (Wildman–Crippen MR) is 85.9 cm³/mol. The number of rotatable bonds is 4. The zero-order valence-electron chi connectivity index (χ0n) is 12.2. The molecule has 1 aliphatic heterocycles. The van der Waals surface area contributed by atoms with Crippen LogP contribution >= 0.6 is 0 Å². The highest BCUT2D eigenvalue weighted by Gasteiger charge is 2.17. The molecule has 3 heteroatoms. The summed E-state index contributed by atoms with van der Waals surface area (Å²) in [6, 6.07) is 16.2. The van der Waals surface area contributed by atoms with Crippen molar-refractivity contribution in [3.8, 4) is 0 Å². The quantitative estimate of drug-likeness (QED) is 0.848. The van der Waals surface area contributed by atoms with Gasteiger partial charge in [0.2, 0.25) is 0 Å². The summed E-state index contributed by atoms with van der Waals surface area (Å²) in [5.74, 6) is 0. The van der Waals surface area contributed by atoms with E-state index in [1.54, 1.807) is 0 Å². The molecule has 1 atom stereocenters. The Labute approximate surface area is 126 Å². The Morgan fingerprint density at radius 3 is 2.57 bits per heavy atom. The molecule has 1 unspecified atom stereocenters. The second-order valence-corrected chi connectivity index (χ2v) is 5.73. The van der Waals surface area contributed by atoms with E-state index in [0.717, 1.165) is 38.0 Å². The van der Waals surface area contributed by atoms with Crippen molar-refractivity contribution in [3.63, 3.8) is 0 Å². The van der Waals surface area contributed by atoms with Gasteiger partial charge in [0.05, 0.1) is 6.10 Å². The molecule has 0 bridgehead atoms. The van der Waals surface area contributed by atoms with Gasteiger partial charge >= 0.3 is 0 Å². The SMILES string of the molecule is Nc1ccccc1C(O)CCN1CCc2ccccc2C1. The Bertz CT molecular complexity index is 612. The summed E-state index contributed by atoms with van der Waals surface area (Å²) in [5, 5.41) is 10.3. The Hall–Kier alpha value is -1.84. The van der Waals surface area contributed by atoms with Crippen molar-refractivity contribution in [2.75, 3.05) is 18.8 Å². The molecule has 110 valence electrons. The van der Waals surface area contributed by atoms with Crippen LogP contribution in [0.25, 0.3) is 0 Å². The van der Waals surface area contributed by atoms with Crippen LogP contribution < -0.4 is 5.73 Å². The maximum Gasteiger partial charge on any atom is 0.0822 e. The molecule has 0 amide bonds. The summed E-state index contributed by atoms with van der Waals surface area (Å²) in [5.41, 5.74) is 10.3. The van der Waals surface area contributed by atoms with Gasteiger partial charge in [0, 0.05) is 30.9 Å². The van der Waals surface area contributed by atoms with Gasteiger partial charge in [0.15, 0.2) is 0 Å². The maximum absolute atomic E-state index is 10.3. The first kappa shape index (κ1) is 14.1. The van der Waals surface area contributed by atoms with Crippen molar-refractivity contribution in [2.45, 2.75) is 25.5 Å². The molecule has 2 aromatic carbocycles. The topological polar surface area (TPSA) is 49.5 Å². The van der Waals surface area contributed by atoms with Crippen LogP contribution in [0.15, 0.2) is 48.5 Å². The molecule has 0 radical (unpaired) electrons. The second kappa shape index (κ2) is 6.29. The van der Waals surface area contributed by atoms with Crippen molar-refractivity contribution in [3.05, 3.63) is 65.2 Å². The van der Waals surface area contributed by atoms with Crippen LogP contribution in [0.2, 0.25) is 0 Å². The number of aliphatic hydroxyl groups is 1. The largest absolute Gasteiger partial charge is 0.398 e. The van der Waals surface area contributed by atoms with Gasteiger partial charge in [-0.05, 0) is 30.0 Å². The van der Waals surface area contributed by atoms with Crippen LogP contribution in [0.1, 0.15) is 29.2 Å². The lowest BCUT2D eigenvalue weighted by molar-refractivity contribution is 0.138. The van der Waals surface area contributed by atoms with Crippen LogP contribution in [0.3, 0.4) is 0 Å². The number of nitrogen functional groups attached to an aromatic ring is 1. The Morgan fingerprint density at radius 2 is 1.76 bits per heavy atom. The Balaban J connectivity index is 1.58. The number of anilines is 1. The van der Waals surface area contributed by atoms with Gasteiger partial charge in [-0.1, -0.05) is 42.5 Å². The van der Waals surface area contributed by atoms with E-state index in [2.05, 4.69) is 29.2 Å². The molecular weight excluding hydrogens is 260 g/mol. The summed E-state index contributed by atoms with van der Waals surface area (Å²) in [7, 11) is 0. The van der Waals surface area contributed by atoms with E-state index < -0.39 is 6.10 Å². The number of nitrogens with two attached hydrogens (primary N) is 1. The summed E-state index contributed by atoms with van der Waals surface area (Å²) in [6.07, 6.45) is 1.33. The van der Waals surface area contributed by atoms with E-state index in [1.165, 1.54) is 11.1 Å². The Kier molecular flexibility index (Phi) is 4.23. The third-order valence-electron chi connectivity index (χ3n) is 4.28. The number of nitrogens with zero attached hydrogens (tertiary/aromatic N) is 1. The monoisotopic (exact) mass is 282 g/mol. The zero-order chi connectivity index (χ0) is 14.7. The third kappa shape index (κ3) is 3.26. The fourth-order valence-corrected chi connectivity index (χ4v) is 3.02. The maximum atomic E-state index is 10.3. The molecule has 3 nitrogen and oxygen atoms in total. The van der Waals surface area contributed by atoms with Gasteiger partial charge in [-0.25, -0.2) is 0 Å². The first-order valence-electron chi connectivity index (χ1n) is 7.55. The molecule has 1 aliphatic rings. The summed E-state index contributed by atoms with van der Waals surface area (Å²) >= 11 is 0. The number of hydrogen-bond acceptors (Lipinski definition) is 3. The van der Waals surface area contributed by atoms with Gasteiger partial charge < -0.3 is 10.8 Å². The highest BCUT2D eigenvalue weighted by atomic mass is 16.3. The van der Waals surface area contributed by atoms with Gasteiger partial charge in [-0.15, -0.1) is 0 Å².